The van der Waals surface area contributed by atoms with E-state index in [1.165, 1.54) is 11.3 Å². The fraction of sp³-hybridized carbons (Fsp3) is 0.294. The first-order valence-corrected chi connectivity index (χ1v) is 8.65. The first-order valence-electron chi connectivity index (χ1n) is 7.77. The van der Waals surface area contributed by atoms with Gasteiger partial charge in [-0.15, -0.1) is 23.7 Å². The third-order valence-electron chi connectivity index (χ3n) is 3.62. The summed E-state index contributed by atoms with van der Waals surface area (Å²) in [6.45, 7) is 1.96. The van der Waals surface area contributed by atoms with Gasteiger partial charge in [-0.2, -0.15) is 0 Å². The lowest BCUT2D eigenvalue weighted by Crippen LogP contribution is -2.43. The molecule has 2 amide bonds. The first kappa shape index (κ1) is 19.4. The molecule has 0 bridgehead atoms. The van der Waals surface area contributed by atoms with Crippen LogP contribution < -0.4 is 16.0 Å². The van der Waals surface area contributed by atoms with E-state index in [-0.39, 0.29) is 30.3 Å². The number of carbonyl (C=O) groups is 2. The summed E-state index contributed by atoms with van der Waals surface area (Å²) in [6.07, 6.45) is 0.327. The monoisotopic (exact) mass is 381 g/mol. The molecule has 25 heavy (non-hydrogen) atoms. The molecule has 1 aliphatic rings. The fourth-order valence-corrected chi connectivity index (χ4v) is 3.09. The summed E-state index contributed by atoms with van der Waals surface area (Å²) in [5.41, 5.74) is 1.17. The molecule has 0 radical (unpaired) electrons. The largest absolute Gasteiger partial charge is 0.378 e. The van der Waals surface area contributed by atoms with Crippen molar-refractivity contribution in [2.24, 2.45) is 0 Å². The Morgan fingerprint density at radius 2 is 1.92 bits per heavy atom. The topological polar surface area (TPSA) is 79.5 Å². The van der Waals surface area contributed by atoms with Crippen molar-refractivity contribution in [1.82, 2.24) is 5.32 Å². The summed E-state index contributed by atoms with van der Waals surface area (Å²) < 4.78 is 5.35. The van der Waals surface area contributed by atoms with Crippen LogP contribution in [0.2, 0.25) is 0 Å². The second-order valence-corrected chi connectivity index (χ2v) is 6.40. The molecule has 6 nitrogen and oxygen atoms in total. The van der Waals surface area contributed by atoms with Gasteiger partial charge >= 0.3 is 0 Å². The standard InChI is InChI=1S/C17H19N3O3S.ClH/c21-16(10-12-11-23-8-7-18-12)19-13-4-1-2-5-14(13)20-17(22)15-6-3-9-24-15;/h1-6,9,12,18H,7-8,10-11H2,(H,19,21)(H,20,22);1H. The highest BCUT2D eigenvalue weighted by molar-refractivity contribution is 7.12. The highest BCUT2D eigenvalue weighted by Gasteiger charge is 2.18. The van der Waals surface area contributed by atoms with E-state index in [9.17, 15) is 9.59 Å². The Bertz CT molecular complexity index is 703. The van der Waals surface area contributed by atoms with E-state index in [1.807, 2.05) is 23.6 Å². The molecule has 2 heterocycles. The predicted molar refractivity (Wildman–Crippen MR) is 102 cm³/mol. The zero-order valence-corrected chi connectivity index (χ0v) is 15.1. The van der Waals surface area contributed by atoms with Gasteiger partial charge in [0.2, 0.25) is 5.91 Å². The lowest BCUT2D eigenvalue weighted by atomic mass is 10.2. The number of nitrogens with one attached hydrogen (secondary N) is 3. The van der Waals surface area contributed by atoms with Crippen LogP contribution in [0.4, 0.5) is 11.4 Å². The molecule has 8 heteroatoms. The lowest BCUT2D eigenvalue weighted by Gasteiger charge is -2.23. The van der Waals surface area contributed by atoms with Crippen LogP contribution in [0.3, 0.4) is 0 Å². The van der Waals surface area contributed by atoms with Crippen molar-refractivity contribution in [1.29, 1.82) is 0 Å². The number of carbonyl (C=O) groups excluding carboxylic acids is 2. The molecular weight excluding hydrogens is 362 g/mol. The number of para-hydroxylation sites is 2. The van der Waals surface area contributed by atoms with Gasteiger partial charge in [-0.3, -0.25) is 9.59 Å². The van der Waals surface area contributed by atoms with Crippen molar-refractivity contribution in [3.63, 3.8) is 0 Å². The van der Waals surface area contributed by atoms with Crippen LogP contribution in [0.25, 0.3) is 0 Å². The minimum atomic E-state index is -0.186. The second kappa shape index (κ2) is 9.53. The minimum Gasteiger partial charge on any atom is -0.378 e. The van der Waals surface area contributed by atoms with Gasteiger partial charge in [0, 0.05) is 19.0 Å². The van der Waals surface area contributed by atoms with Gasteiger partial charge in [0.25, 0.3) is 5.91 Å². The molecule has 1 fully saturated rings. The molecule has 0 spiro atoms. The Morgan fingerprint density at radius 1 is 1.16 bits per heavy atom. The number of halogens is 1. The van der Waals surface area contributed by atoms with Gasteiger partial charge in [-0.25, -0.2) is 0 Å². The smallest absolute Gasteiger partial charge is 0.265 e. The Balaban J connectivity index is 0.00000225. The number of anilines is 2. The number of rotatable bonds is 5. The molecule has 1 aliphatic heterocycles. The molecule has 1 aromatic heterocycles. The third-order valence-corrected chi connectivity index (χ3v) is 4.49. The minimum absolute atomic E-state index is 0. The third kappa shape index (κ3) is 5.54. The van der Waals surface area contributed by atoms with Crippen LogP contribution >= 0.6 is 23.7 Å². The van der Waals surface area contributed by atoms with E-state index in [0.29, 0.717) is 35.9 Å². The number of benzene rings is 1. The molecule has 1 saturated heterocycles. The van der Waals surface area contributed by atoms with Crippen LogP contribution in [0, 0.1) is 0 Å². The van der Waals surface area contributed by atoms with Gasteiger partial charge in [-0.1, -0.05) is 18.2 Å². The van der Waals surface area contributed by atoms with Gasteiger partial charge in [-0.05, 0) is 23.6 Å². The Morgan fingerprint density at radius 3 is 2.56 bits per heavy atom. The van der Waals surface area contributed by atoms with Crippen molar-refractivity contribution in [3.05, 3.63) is 46.7 Å². The van der Waals surface area contributed by atoms with Crippen LogP contribution in [-0.2, 0) is 9.53 Å². The number of hydrogen-bond donors (Lipinski definition) is 3. The quantitative estimate of drug-likeness (QED) is 0.744. The normalized spacial score (nSPS) is 16.6. The average molecular weight is 382 g/mol. The van der Waals surface area contributed by atoms with Gasteiger partial charge < -0.3 is 20.7 Å². The summed E-state index contributed by atoms with van der Waals surface area (Å²) >= 11 is 1.37. The predicted octanol–water partition coefficient (Wildman–Crippen LogP) is 2.74. The SMILES string of the molecule is Cl.O=C(CC1COCCN1)Nc1ccccc1NC(=O)c1cccs1. The summed E-state index contributed by atoms with van der Waals surface area (Å²) in [5, 5.41) is 10.8. The van der Waals surface area contributed by atoms with Gasteiger partial charge in [0.05, 0.1) is 29.5 Å². The summed E-state index contributed by atoms with van der Waals surface area (Å²) in [4.78, 5) is 25.0. The molecule has 134 valence electrons. The number of thiophene rings is 1. The highest BCUT2D eigenvalue weighted by Crippen LogP contribution is 2.23. The molecule has 2 aromatic rings. The number of amides is 2. The summed E-state index contributed by atoms with van der Waals surface area (Å²) in [5.74, 6) is -0.301. The van der Waals surface area contributed by atoms with E-state index in [0.717, 1.165) is 6.54 Å². The number of ether oxygens (including phenoxy) is 1. The Labute approximate surface area is 156 Å². The van der Waals surface area contributed by atoms with E-state index >= 15 is 0 Å². The van der Waals surface area contributed by atoms with Crippen molar-refractivity contribution in [2.75, 3.05) is 30.4 Å². The molecular formula is C17H20ClN3O3S. The number of hydrogen-bond acceptors (Lipinski definition) is 5. The maximum atomic E-state index is 12.2. The maximum Gasteiger partial charge on any atom is 0.265 e. The summed E-state index contributed by atoms with van der Waals surface area (Å²) in [6, 6.07) is 10.8. The van der Waals surface area contributed by atoms with E-state index in [1.54, 1.807) is 18.2 Å². The zero-order valence-electron chi connectivity index (χ0n) is 13.5. The van der Waals surface area contributed by atoms with E-state index in [2.05, 4.69) is 16.0 Å². The van der Waals surface area contributed by atoms with Crippen LogP contribution in [0.5, 0.6) is 0 Å². The Kier molecular flexibility index (Phi) is 7.39. The lowest BCUT2D eigenvalue weighted by molar-refractivity contribution is -0.117. The molecule has 1 atom stereocenters. The number of morpholine rings is 1. The average Bonchev–Trinajstić information content (AvgIpc) is 3.12. The Hall–Kier alpha value is -1.93. The van der Waals surface area contributed by atoms with E-state index < -0.39 is 0 Å². The molecule has 1 aromatic carbocycles. The fourth-order valence-electron chi connectivity index (χ4n) is 2.47. The van der Waals surface area contributed by atoms with Crippen LogP contribution in [-0.4, -0.2) is 37.6 Å². The van der Waals surface area contributed by atoms with Crippen molar-refractivity contribution in [2.45, 2.75) is 12.5 Å². The van der Waals surface area contributed by atoms with Crippen LogP contribution in [0.15, 0.2) is 41.8 Å². The van der Waals surface area contributed by atoms with Crippen molar-refractivity contribution in [3.8, 4) is 0 Å². The molecule has 3 rings (SSSR count). The van der Waals surface area contributed by atoms with Gasteiger partial charge in [0.15, 0.2) is 0 Å². The molecule has 0 saturated carbocycles. The molecule has 1 unspecified atom stereocenters. The van der Waals surface area contributed by atoms with E-state index in [4.69, 9.17) is 4.74 Å². The first-order chi connectivity index (χ1) is 11.7. The zero-order chi connectivity index (χ0) is 16.8. The highest BCUT2D eigenvalue weighted by atomic mass is 35.5. The van der Waals surface area contributed by atoms with Crippen molar-refractivity contribution >= 4 is 46.9 Å². The molecule has 0 aliphatic carbocycles. The van der Waals surface area contributed by atoms with Gasteiger partial charge in [0.1, 0.15) is 0 Å². The second-order valence-electron chi connectivity index (χ2n) is 5.46. The molecule has 3 N–H and O–H groups in total. The van der Waals surface area contributed by atoms with Crippen molar-refractivity contribution < 1.29 is 14.3 Å². The maximum absolute atomic E-state index is 12.2. The van der Waals surface area contributed by atoms with Crippen LogP contribution in [0.1, 0.15) is 16.1 Å². The summed E-state index contributed by atoms with van der Waals surface area (Å²) in [7, 11) is 0.